The summed E-state index contributed by atoms with van der Waals surface area (Å²) in [5.74, 6) is 0.329. The SMILES string of the molecule is O=C(NCc1ccccc1OCc1ccccc1)c1cccc(NC(=O)C2CCCO2)c1. The van der Waals surface area contributed by atoms with Gasteiger partial charge >= 0.3 is 0 Å². The maximum Gasteiger partial charge on any atom is 0.253 e. The molecule has 1 aliphatic heterocycles. The zero-order valence-electron chi connectivity index (χ0n) is 17.8. The van der Waals surface area contributed by atoms with E-state index in [1.165, 1.54) is 0 Å². The Morgan fingerprint density at radius 1 is 0.969 bits per heavy atom. The molecule has 2 amide bonds. The first-order chi connectivity index (χ1) is 15.7. The monoisotopic (exact) mass is 430 g/mol. The van der Waals surface area contributed by atoms with Gasteiger partial charge in [-0.25, -0.2) is 0 Å². The molecule has 1 aliphatic rings. The van der Waals surface area contributed by atoms with Gasteiger partial charge in [0.05, 0.1) is 0 Å². The molecule has 1 heterocycles. The zero-order chi connectivity index (χ0) is 22.2. The summed E-state index contributed by atoms with van der Waals surface area (Å²) in [5, 5.41) is 5.76. The predicted octanol–water partition coefficient (Wildman–Crippen LogP) is 4.31. The van der Waals surface area contributed by atoms with Crippen molar-refractivity contribution in [3.8, 4) is 5.75 Å². The van der Waals surface area contributed by atoms with Crippen molar-refractivity contribution in [2.45, 2.75) is 32.1 Å². The van der Waals surface area contributed by atoms with Crippen molar-refractivity contribution in [2.24, 2.45) is 0 Å². The Kier molecular flexibility index (Phi) is 7.15. The topological polar surface area (TPSA) is 76.7 Å². The van der Waals surface area contributed by atoms with Crippen molar-refractivity contribution in [2.75, 3.05) is 11.9 Å². The highest BCUT2D eigenvalue weighted by Gasteiger charge is 2.23. The van der Waals surface area contributed by atoms with Gasteiger partial charge in [0.1, 0.15) is 18.5 Å². The van der Waals surface area contributed by atoms with Gasteiger partial charge in [0.2, 0.25) is 0 Å². The average Bonchev–Trinajstić information content (AvgIpc) is 3.38. The van der Waals surface area contributed by atoms with Crippen molar-refractivity contribution in [1.82, 2.24) is 5.32 Å². The van der Waals surface area contributed by atoms with Gasteiger partial charge in [-0.1, -0.05) is 54.6 Å². The van der Waals surface area contributed by atoms with Gasteiger partial charge < -0.3 is 20.1 Å². The van der Waals surface area contributed by atoms with Crippen LogP contribution >= 0.6 is 0 Å². The Bertz CT molecular complexity index is 1060. The largest absolute Gasteiger partial charge is 0.489 e. The Morgan fingerprint density at radius 3 is 2.59 bits per heavy atom. The van der Waals surface area contributed by atoms with Crippen LogP contribution in [-0.2, 0) is 22.7 Å². The molecule has 3 aromatic rings. The van der Waals surface area contributed by atoms with Gasteiger partial charge in [0, 0.05) is 30.0 Å². The highest BCUT2D eigenvalue weighted by atomic mass is 16.5. The fraction of sp³-hybridized carbons (Fsp3) is 0.231. The van der Waals surface area contributed by atoms with Gasteiger partial charge in [-0.2, -0.15) is 0 Å². The number of hydrogen-bond donors (Lipinski definition) is 2. The lowest BCUT2D eigenvalue weighted by molar-refractivity contribution is -0.124. The molecule has 1 saturated heterocycles. The minimum Gasteiger partial charge on any atom is -0.489 e. The van der Waals surface area contributed by atoms with Crippen LogP contribution in [-0.4, -0.2) is 24.5 Å². The number of para-hydroxylation sites is 1. The molecule has 3 aromatic carbocycles. The maximum absolute atomic E-state index is 12.7. The first-order valence-electron chi connectivity index (χ1n) is 10.7. The van der Waals surface area contributed by atoms with Gasteiger partial charge in [0.25, 0.3) is 11.8 Å². The molecule has 0 saturated carbocycles. The second kappa shape index (κ2) is 10.6. The molecule has 6 nitrogen and oxygen atoms in total. The second-order valence-corrected chi connectivity index (χ2v) is 7.64. The van der Waals surface area contributed by atoms with Crippen molar-refractivity contribution in [1.29, 1.82) is 0 Å². The first-order valence-corrected chi connectivity index (χ1v) is 10.7. The van der Waals surface area contributed by atoms with Gasteiger partial charge in [0.15, 0.2) is 0 Å². The molecule has 0 spiro atoms. The summed E-state index contributed by atoms with van der Waals surface area (Å²) < 4.78 is 11.4. The minimum atomic E-state index is -0.417. The molecule has 1 unspecified atom stereocenters. The number of nitrogens with one attached hydrogen (secondary N) is 2. The molecule has 1 atom stereocenters. The van der Waals surface area contributed by atoms with E-state index in [4.69, 9.17) is 9.47 Å². The number of carbonyl (C=O) groups excluding carboxylic acids is 2. The molecular weight excluding hydrogens is 404 g/mol. The van der Waals surface area contributed by atoms with Crippen molar-refractivity contribution >= 4 is 17.5 Å². The molecule has 0 aromatic heterocycles. The zero-order valence-corrected chi connectivity index (χ0v) is 17.8. The van der Waals surface area contributed by atoms with Crippen molar-refractivity contribution in [3.05, 3.63) is 95.6 Å². The number of carbonyl (C=O) groups is 2. The van der Waals surface area contributed by atoms with E-state index in [9.17, 15) is 9.59 Å². The lowest BCUT2D eigenvalue weighted by atomic mass is 10.1. The van der Waals surface area contributed by atoms with Gasteiger partial charge in [-0.05, 0) is 42.7 Å². The van der Waals surface area contributed by atoms with Crippen LogP contribution in [0.1, 0.15) is 34.3 Å². The lowest BCUT2D eigenvalue weighted by Gasteiger charge is -2.13. The molecule has 1 fully saturated rings. The molecule has 6 heteroatoms. The molecule has 0 aliphatic carbocycles. The number of hydrogen-bond acceptors (Lipinski definition) is 4. The fourth-order valence-electron chi connectivity index (χ4n) is 3.55. The molecule has 32 heavy (non-hydrogen) atoms. The molecule has 0 bridgehead atoms. The third-order valence-corrected chi connectivity index (χ3v) is 5.26. The smallest absolute Gasteiger partial charge is 0.253 e. The third kappa shape index (κ3) is 5.74. The number of ether oxygens (including phenoxy) is 2. The summed E-state index contributed by atoms with van der Waals surface area (Å²) >= 11 is 0. The van der Waals surface area contributed by atoms with E-state index in [1.807, 2.05) is 54.6 Å². The van der Waals surface area contributed by atoms with Gasteiger partial charge in [-0.15, -0.1) is 0 Å². The Hall–Kier alpha value is -3.64. The van der Waals surface area contributed by atoms with Crippen LogP contribution in [0.25, 0.3) is 0 Å². The van der Waals surface area contributed by atoms with Crippen LogP contribution in [0.5, 0.6) is 5.75 Å². The van der Waals surface area contributed by atoms with E-state index in [-0.39, 0.29) is 11.8 Å². The van der Waals surface area contributed by atoms with Crippen molar-refractivity contribution < 1.29 is 19.1 Å². The molecule has 0 radical (unpaired) electrons. The Labute approximate surface area is 187 Å². The third-order valence-electron chi connectivity index (χ3n) is 5.26. The summed E-state index contributed by atoms with van der Waals surface area (Å²) in [4.78, 5) is 25.0. The quantitative estimate of drug-likeness (QED) is 0.558. The Balaban J connectivity index is 1.35. The average molecular weight is 431 g/mol. The standard InChI is InChI=1S/C26H26N2O4/c29-25(20-11-6-12-22(16-20)28-26(30)24-14-7-15-31-24)27-17-21-10-4-5-13-23(21)32-18-19-8-2-1-3-9-19/h1-6,8-13,16,24H,7,14-15,17-18H2,(H,27,29)(H,28,30). The fourth-order valence-corrected chi connectivity index (χ4v) is 3.55. The number of anilines is 1. The Morgan fingerprint density at radius 2 is 1.78 bits per heavy atom. The second-order valence-electron chi connectivity index (χ2n) is 7.64. The van der Waals surface area contributed by atoms with E-state index in [2.05, 4.69) is 10.6 Å². The lowest BCUT2D eigenvalue weighted by Crippen LogP contribution is -2.27. The van der Waals surface area contributed by atoms with Crippen LogP contribution in [0.2, 0.25) is 0 Å². The summed E-state index contributed by atoms with van der Waals surface area (Å²) in [6, 6.07) is 24.5. The van der Waals surface area contributed by atoms with Crippen LogP contribution in [0.3, 0.4) is 0 Å². The predicted molar refractivity (Wildman–Crippen MR) is 122 cm³/mol. The molecule has 164 valence electrons. The van der Waals surface area contributed by atoms with Crippen LogP contribution in [0.4, 0.5) is 5.69 Å². The number of rotatable bonds is 8. The summed E-state index contributed by atoms with van der Waals surface area (Å²) in [5.41, 5.74) is 3.01. The van der Waals surface area contributed by atoms with Crippen molar-refractivity contribution in [3.63, 3.8) is 0 Å². The van der Waals surface area contributed by atoms with E-state index >= 15 is 0 Å². The summed E-state index contributed by atoms with van der Waals surface area (Å²) in [6.45, 7) is 1.39. The molecule has 2 N–H and O–H groups in total. The van der Waals surface area contributed by atoms with E-state index in [0.717, 1.165) is 29.7 Å². The normalized spacial score (nSPS) is 15.2. The van der Waals surface area contributed by atoms with Gasteiger partial charge in [-0.3, -0.25) is 9.59 Å². The first kappa shape index (κ1) is 21.6. The van der Waals surface area contributed by atoms with Crippen LogP contribution in [0.15, 0.2) is 78.9 Å². The number of amides is 2. The van der Waals surface area contributed by atoms with E-state index in [0.29, 0.717) is 31.0 Å². The minimum absolute atomic E-state index is 0.176. The van der Waals surface area contributed by atoms with E-state index in [1.54, 1.807) is 24.3 Å². The molecular formula is C26H26N2O4. The van der Waals surface area contributed by atoms with Crippen LogP contribution in [0, 0.1) is 0 Å². The molecule has 4 rings (SSSR count). The van der Waals surface area contributed by atoms with E-state index < -0.39 is 6.10 Å². The van der Waals surface area contributed by atoms with Crippen LogP contribution < -0.4 is 15.4 Å². The highest BCUT2D eigenvalue weighted by Crippen LogP contribution is 2.20. The number of benzene rings is 3. The maximum atomic E-state index is 12.7. The summed E-state index contributed by atoms with van der Waals surface area (Å²) in [6.07, 6.45) is 1.19. The summed E-state index contributed by atoms with van der Waals surface area (Å²) in [7, 11) is 0. The highest BCUT2D eigenvalue weighted by molar-refractivity contribution is 5.98.